The van der Waals surface area contributed by atoms with Gasteiger partial charge in [-0.1, -0.05) is 18.2 Å². The van der Waals surface area contributed by atoms with Crippen LogP contribution in [0.25, 0.3) is 5.69 Å². The average Bonchev–Trinajstić information content (AvgIpc) is 3.37. The molecule has 1 atom stereocenters. The van der Waals surface area contributed by atoms with Crippen LogP contribution in [0, 0.1) is 11.8 Å². The lowest BCUT2D eigenvalue weighted by molar-refractivity contribution is -0.136. The number of Topliss-reactive ketones (excluding diaryl/α,β-unsaturated/α-hetero) is 1. The smallest absolute Gasteiger partial charge is 0.222 e. The number of hydrogen-bond acceptors (Lipinski definition) is 4. The minimum atomic E-state index is 0.0567. The van der Waals surface area contributed by atoms with Crippen molar-refractivity contribution in [1.82, 2.24) is 14.5 Å². The number of para-hydroxylation sites is 1. The molecule has 1 amide bonds. The second-order valence-corrected chi connectivity index (χ2v) is 8.89. The molecule has 30 heavy (non-hydrogen) atoms. The van der Waals surface area contributed by atoms with Crippen LogP contribution in [0.2, 0.25) is 0 Å². The number of hydrogen-bond donors (Lipinski definition) is 0. The van der Waals surface area contributed by atoms with E-state index in [-0.39, 0.29) is 17.7 Å². The van der Waals surface area contributed by atoms with Crippen LogP contribution in [0.15, 0.2) is 36.8 Å². The zero-order valence-corrected chi connectivity index (χ0v) is 17.3. The van der Waals surface area contributed by atoms with Gasteiger partial charge < -0.3 is 14.2 Å². The van der Waals surface area contributed by atoms with Gasteiger partial charge in [-0.15, -0.1) is 0 Å². The molecule has 3 aliphatic heterocycles. The van der Waals surface area contributed by atoms with Gasteiger partial charge in [0, 0.05) is 57.2 Å². The minimum Gasteiger partial charge on any atom is -0.381 e. The lowest BCUT2D eigenvalue weighted by Crippen LogP contribution is -2.41. The number of piperidine rings is 1. The molecule has 5 rings (SSSR count). The van der Waals surface area contributed by atoms with Crippen molar-refractivity contribution in [3.63, 3.8) is 0 Å². The summed E-state index contributed by atoms with van der Waals surface area (Å²) in [5.41, 5.74) is 3.46. The van der Waals surface area contributed by atoms with Gasteiger partial charge in [0.25, 0.3) is 0 Å². The van der Waals surface area contributed by atoms with E-state index in [4.69, 9.17) is 4.74 Å². The van der Waals surface area contributed by atoms with Crippen LogP contribution in [0.3, 0.4) is 0 Å². The number of likely N-dealkylation sites (tertiary alicyclic amines) is 1. The number of amides is 1. The van der Waals surface area contributed by atoms with Crippen molar-refractivity contribution in [3.8, 4) is 5.69 Å². The molecule has 0 saturated carbocycles. The molecule has 2 aromatic rings. The molecule has 158 valence electrons. The third kappa shape index (κ3) is 3.69. The monoisotopic (exact) mass is 407 g/mol. The number of rotatable bonds is 5. The molecule has 1 aromatic heterocycles. The molecular formula is C24H29N3O3. The summed E-state index contributed by atoms with van der Waals surface area (Å²) in [4.78, 5) is 32.1. The highest BCUT2D eigenvalue weighted by Gasteiger charge is 2.34. The highest BCUT2D eigenvalue weighted by molar-refractivity contribution is 5.83. The van der Waals surface area contributed by atoms with E-state index in [1.54, 1.807) is 0 Å². The number of fused-ring (bicyclic) bond motifs is 3. The standard InChI is InChI=1S/C24H29N3O3/c28-23(14-20-19-3-1-2-4-21(19)27-16-25-15-22(20)27)18-5-9-26(10-6-18)24(29)13-17-7-11-30-12-8-17/h1-4,15-18,20H,5-14H2. The van der Waals surface area contributed by atoms with Crippen molar-refractivity contribution in [2.24, 2.45) is 11.8 Å². The Morgan fingerprint density at radius 2 is 1.80 bits per heavy atom. The normalized spacial score (nSPS) is 22.0. The van der Waals surface area contributed by atoms with Gasteiger partial charge in [0.05, 0.1) is 17.7 Å². The van der Waals surface area contributed by atoms with E-state index in [1.807, 2.05) is 29.6 Å². The number of carbonyl (C=O) groups excluding carboxylic acids is 2. The fourth-order valence-corrected chi connectivity index (χ4v) is 5.29. The number of benzene rings is 1. The highest BCUT2D eigenvalue weighted by atomic mass is 16.5. The van der Waals surface area contributed by atoms with E-state index in [1.165, 1.54) is 5.56 Å². The highest BCUT2D eigenvalue weighted by Crippen LogP contribution is 2.40. The Kier molecular flexibility index (Phi) is 5.42. The lowest BCUT2D eigenvalue weighted by Gasteiger charge is -2.33. The summed E-state index contributed by atoms with van der Waals surface area (Å²) < 4.78 is 7.49. The van der Waals surface area contributed by atoms with Crippen LogP contribution in [-0.2, 0) is 14.3 Å². The van der Waals surface area contributed by atoms with Gasteiger partial charge in [-0.25, -0.2) is 4.98 Å². The van der Waals surface area contributed by atoms with Crippen LogP contribution in [0.1, 0.15) is 55.7 Å². The number of ketones is 1. The Morgan fingerprint density at radius 3 is 2.60 bits per heavy atom. The van der Waals surface area contributed by atoms with Crippen molar-refractivity contribution >= 4 is 11.7 Å². The van der Waals surface area contributed by atoms with E-state index in [2.05, 4.69) is 21.7 Å². The zero-order chi connectivity index (χ0) is 20.5. The summed E-state index contributed by atoms with van der Waals surface area (Å²) in [5, 5.41) is 0. The molecule has 2 saturated heterocycles. The van der Waals surface area contributed by atoms with Gasteiger partial charge in [0.1, 0.15) is 5.78 Å². The van der Waals surface area contributed by atoms with E-state index >= 15 is 0 Å². The first-order valence-electron chi connectivity index (χ1n) is 11.2. The molecule has 6 nitrogen and oxygen atoms in total. The minimum absolute atomic E-state index is 0.0567. The maximum absolute atomic E-state index is 13.1. The maximum atomic E-state index is 13.1. The number of imidazole rings is 1. The Bertz CT molecular complexity index is 923. The molecule has 3 aliphatic rings. The topological polar surface area (TPSA) is 64.4 Å². The summed E-state index contributed by atoms with van der Waals surface area (Å²) >= 11 is 0. The first-order chi connectivity index (χ1) is 14.7. The van der Waals surface area contributed by atoms with Gasteiger partial charge in [-0.3, -0.25) is 9.59 Å². The van der Waals surface area contributed by atoms with Gasteiger partial charge >= 0.3 is 0 Å². The van der Waals surface area contributed by atoms with E-state index in [0.29, 0.717) is 37.6 Å². The fraction of sp³-hybridized carbons (Fsp3) is 0.542. The summed E-state index contributed by atoms with van der Waals surface area (Å²) in [6.07, 6.45) is 8.41. The van der Waals surface area contributed by atoms with E-state index in [0.717, 1.165) is 50.3 Å². The number of ether oxygens (including phenoxy) is 1. The molecule has 0 radical (unpaired) electrons. The Morgan fingerprint density at radius 1 is 1.03 bits per heavy atom. The van der Waals surface area contributed by atoms with Crippen LogP contribution >= 0.6 is 0 Å². The number of nitrogens with zero attached hydrogens (tertiary/aromatic N) is 3. The molecule has 1 aromatic carbocycles. The summed E-state index contributed by atoms with van der Waals surface area (Å²) in [7, 11) is 0. The molecular weight excluding hydrogens is 378 g/mol. The molecule has 0 spiro atoms. The van der Waals surface area contributed by atoms with E-state index < -0.39 is 0 Å². The fourth-order valence-electron chi connectivity index (χ4n) is 5.29. The average molecular weight is 408 g/mol. The number of carbonyl (C=O) groups is 2. The third-order valence-corrected chi connectivity index (χ3v) is 7.11. The predicted molar refractivity (Wildman–Crippen MR) is 112 cm³/mol. The summed E-state index contributed by atoms with van der Waals surface area (Å²) in [6, 6.07) is 8.28. The SMILES string of the molecule is O=C(CC1c2ccccc2-n2cncc21)C1CCN(C(=O)CC2CCOCC2)CC1. The third-order valence-electron chi connectivity index (χ3n) is 7.11. The van der Waals surface area contributed by atoms with Gasteiger partial charge in [-0.05, 0) is 43.2 Å². The predicted octanol–water partition coefficient (Wildman–Crippen LogP) is 3.33. The summed E-state index contributed by atoms with van der Waals surface area (Å²) in [6.45, 7) is 2.96. The second kappa shape index (κ2) is 8.34. The molecule has 1 unspecified atom stereocenters. The lowest BCUT2D eigenvalue weighted by atomic mass is 9.84. The Labute approximate surface area is 177 Å². The van der Waals surface area contributed by atoms with Crippen molar-refractivity contribution < 1.29 is 14.3 Å². The van der Waals surface area contributed by atoms with Crippen LogP contribution < -0.4 is 0 Å². The molecule has 6 heteroatoms. The van der Waals surface area contributed by atoms with Crippen molar-refractivity contribution in [3.05, 3.63) is 48.0 Å². The molecule has 0 N–H and O–H groups in total. The van der Waals surface area contributed by atoms with Crippen molar-refractivity contribution in [2.45, 2.75) is 44.4 Å². The number of aromatic nitrogens is 2. The van der Waals surface area contributed by atoms with Crippen LogP contribution in [0.5, 0.6) is 0 Å². The van der Waals surface area contributed by atoms with Gasteiger partial charge in [0.2, 0.25) is 5.91 Å². The molecule has 2 fully saturated rings. The quantitative estimate of drug-likeness (QED) is 0.763. The zero-order valence-electron chi connectivity index (χ0n) is 17.3. The largest absolute Gasteiger partial charge is 0.381 e. The Balaban J connectivity index is 1.17. The summed E-state index contributed by atoms with van der Waals surface area (Å²) in [5.74, 6) is 1.17. The van der Waals surface area contributed by atoms with E-state index in [9.17, 15) is 9.59 Å². The van der Waals surface area contributed by atoms with Gasteiger partial charge in [-0.2, -0.15) is 0 Å². The Hall–Kier alpha value is -2.47. The first kappa shape index (κ1) is 19.5. The second-order valence-electron chi connectivity index (χ2n) is 8.89. The molecule has 0 bridgehead atoms. The van der Waals surface area contributed by atoms with Crippen molar-refractivity contribution in [1.29, 1.82) is 0 Å². The van der Waals surface area contributed by atoms with Crippen LogP contribution in [-0.4, -0.2) is 52.4 Å². The molecule has 4 heterocycles. The maximum Gasteiger partial charge on any atom is 0.222 e. The van der Waals surface area contributed by atoms with Gasteiger partial charge in [0.15, 0.2) is 0 Å². The van der Waals surface area contributed by atoms with Crippen molar-refractivity contribution in [2.75, 3.05) is 26.3 Å². The molecule has 0 aliphatic carbocycles. The van der Waals surface area contributed by atoms with Crippen LogP contribution in [0.4, 0.5) is 0 Å². The first-order valence-corrected chi connectivity index (χ1v) is 11.2.